The Morgan fingerprint density at radius 1 is 0.816 bits per heavy atom. The van der Waals surface area contributed by atoms with E-state index in [4.69, 9.17) is 0 Å². The Bertz CT molecular complexity index is 1130. The minimum atomic E-state index is -4.23. The van der Waals surface area contributed by atoms with E-state index in [1.807, 2.05) is 77.8 Å². The smallest absolute Gasteiger partial charge is 0.306 e. The zero-order valence-electron chi connectivity index (χ0n) is 22.0. The van der Waals surface area contributed by atoms with Crippen molar-refractivity contribution in [2.45, 2.75) is 57.9 Å². The first-order valence-corrected chi connectivity index (χ1v) is 13.4. The normalized spacial score (nSPS) is 11.3. The molecule has 0 atom stereocenters. The van der Waals surface area contributed by atoms with Crippen molar-refractivity contribution in [2.24, 2.45) is 0 Å². The lowest BCUT2D eigenvalue weighted by molar-refractivity contribution is -0.0800. The fourth-order valence-electron chi connectivity index (χ4n) is 4.38. The zero-order chi connectivity index (χ0) is 27.1. The van der Waals surface area contributed by atoms with Crippen LogP contribution in [-0.2, 0) is 6.42 Å². The van der Waals surface area contributed by atoms with Crippen molar-refractivity contribution in [2.75, 3.05) is 0 Å². The molecular formula is C32H36BF3N2. The molecule has 0 saturated carbocycles. The van der Waals surface area contributed by atoms with Crippen molar-refractivity contribution in [3.05, 3.63) is 121 Å². The second-order valence-corrected chi connectivity index (χ2v) is 9.34. The van der Waals surface area contributed by atoms with E-state index in [0.717, 1.165) is 10.9 Å². The van der Waals surface area contributed by atoms with E-state index in [1.54, 1.807) is 6.20 Å². The van der Waals surface area contributed by atoms with E-state index >= 15 is 0 Å². The van der Waals surface area contributed by atoms with E-state index in [1.165, 1.54) is 49.4 Å². The highest BCUT2D eigenvalue weighted by atomic mass is 19.4. The van der Waals surface area contributed by atoms with Gasteiger partial charge >= 0.3 is 6.18 Å². The minimum Gasteiger partial charge on any atom is -0.306 e. The van der Waals surface area contributed by atoms with E-state index in [2.05, 4.69) is 36.2 Å². The van der Waals surface area contributed by atoms with Gasteiger partial charge in [0.15, 0.2) is 0 Å². The summed E-state index contributed by atoms with van der Waals surface area (Å²) in [7, 11) is 0. The molecule has 1 aromatic heterocycles. The van der Waals surface area contributed by atoms with Gasteiger partial charge in [0, 0.05) is 24.2 Å². The summed E-state index contributed by atoms with van der Waals surface area (Å²) in [6.45, 7) is 2.37. The number of hydrogen-bond donors (Lipinski definition) is 0. The molecule has 0 aliphatic rings. The summed E-state index contributed by atoms with van der Waals surface area (Å²) < 4.78 is 38.4. The number of alkyl halides is 3. The fraction of sp³-hybridized carbons (Fsp3) is 0.281. The van der Waals surface area contributed by atoms with E-state index in [9.17, 15) is 13.2 Å². The van der Waals surface area contributed by atoms with Crippen LogP contribution in [-0.4, -0.2) is 22.4 Å². The average Bonchev–Trinajstić information content (AvgIpc) is 3.48. The standard InChI is InChI=1S/C17H16BF3.C15H20N2/c19-17(20,21)13-7-8-14-18(15-9-3-1-4-10-15)16-11-5-2-6-12-16;1-2-3-4-5-6-14-7-9-15(10-8-14)17-12-11-16-13-17/h1-7,9-13H,8,14H2;7-13H,2-6H2,1H3. The third kappa shape index (κ3) is 10.4. The summed E-state index contributed by atoms with van der Waals surface area (Å²) in [4.78, 5) is 4.05. The van der Waals surface area contributed by atoms with Crippen LogP contribution < -0.4 is 10.9 Å². The maximum Gasteiger partial charge on any atom is 0.409 e. The van der Waals surface area contributed by atoms with Crippen LogP contribution in [0, 0.1) is 0 Å². The summed E-state index contributed by atoms with van der Waals surface area (Å²) in [5.41, 5.74) is 4.87. The predicted octanol–water partition coefficient (Wildman–Crippen LogP) is 7.80. The number of unbranched alkanes of at least 4 members (excludes halogenated alkanes) is 3. The van der Waals surface area contributed by atoms with Crippen LogP contribution in [0.1, 0.15) is 44.6 Å². The summed E-state index contributed by atoms with van der Waals surface area (Å²) in [5, 5.41) is 0. The Morgan fingerprint density at radius 2 is 1.45 bits per heavy atom. The Hall–Kier alpha value is -3.54. The van der Waals surface area contributed by atoms with Gasteiger partial charge in [-0.2, -0.15) is 13.2 Å². The highest BCUT2D eigenvalue weighted by Gasteiger charge is 2.22. The van der Waals surface area contributed by atoms with Crippen molar-refractivity contribution < 1.29 is 13.2 Å². The number of aromatic nitrogens is 2. The molecule has 0 N–H and O–H groups in total. The summed E-state index contributed by atoms with van der Waals surface area (Å²) in [5.74, 6) is 0. The number of benzene rings is 3. The van der Waals surface area contributed by atoms with Gasteiger partial charge in [0.1, 0.15) is 0 Å². The molecule has 0 aliphatic heterocycles. The maximum atomic E-state index is 12.1. The molecule has 6 heteroatoms. The van der Waals surface area contributed by atoms with E-state index in [0.29, 0.717) is 18.8 Å². The number of aryl methyl sites for hydroxylation is 1. The van der Waals surface area contributed by atoms with Crippen molar-refractivity contribution in [3.8, 4) is 5.69 Å². The van der Waals surface area contributed by atoms with Gasteiger partial charge in [-0.3, -0.25) is 0 Å². The van der Waals surface area contributed by atoms with Gasteiger partial charge in [-0.05, 0) is 37.0 Å². The van der Waals surface area contributed by atoms with Gasteiger partial charge in [0.2, 0.25) is 6.71 Å². The number of hydrogen-bond acceptors (Lipinski definition) is 1. The van der Waals surface area contributed by atoms with Crippen LogP contribution in [0.15, 0.2) is 116 Å². The summed E-state index contributed by atoms with van der Waals surface area (Å²) in [6, 6.07) is 28.5. The molecule has 3 aromatic carbocycles. The average molecular weight is 516 g/mol. The zero-order valence-corrected chi connectivity index (χ0v) is 22.0. The van der Waals surface area contributed by atoms with Crippen molar-refractivity contribution >= 4 is 17.6 Å². The first-order valence-electron chi connectivity index (χ1n) is 13.4. The molecule has 0 unspecified atom stereocenters. The monoisotopic (exact) mass is 516 g/mol. The molecule has 0 bridgehead atoms. The lowest BCUT2D eigenvalue weighted by Crippen LogP contribution is -2.41. The topological polar surface area (TPSA) is 17.8 Å². The van der Waals surface area contributed by atoms with Crippen molar-refractivity contribution in [3.63, 3.8) is 0 Å². The minimum absolute atomic E-state index is 0.116. The second-order valence-electron chi connectivity index (χ2n) is 9.34. The maximum absolute atomic E-state index is 12.1. The van der Waals surface area contributed by atoms with Crippen LogP contribution in [0.5, 0.6) is 0 Å². The highest BCUT2D eigenvalue weighted by Crippen LogP contribution is 2.17. The Morgan fingerprint density at radius 3 is 1.97 bits per heavy atom. The third-order valence-corrected chi connectivity index (χ3v) is 6.39. The molecule has 0 spiro atoms. The largest absolute Gasteiger partial charge is 0.409 e. The Balaban J connectivity index is 0.000000215. The van der Waals surface area contributed by atoms with Crippen molar-refractivity contribution in [1.29, 1.82) is 0 Å². The van der Waals surface area contributed by atoms with Gasteiger partial charge in [0.05, 0.1) is 6.33 Å². The second kappa shape index (κ2) is 15.7. The molecule has 0 amide bonds. The molecule has 0 radical (unpaired) electrons. The number of rotatable bonds is 11. The quantitative estimate of drug-likeness (QED) is 0.113. The number of allylic oxidation sites excluding steroid dienone is 2. The first kappa shape index (κ1) is 29.0. The fourth-order valence-corrected chi connectivity index (χ4v) is 4.38. The van der Waals surface area contributed by atoms with Gasteiger partial charge in [-0.15, -0.1) is 0 Å². The highest BCUT2D eigenvalue weighted by molar-refractivity contribution is 6.85. The molecule has 0 saturated heterocycles. The third-order valence-electron chi connectivity index (χ3n) is 6.39. The van der Waals surface area contributed by atoms with Gasteiger partial charge in [-0.25, -0.2) is 4.98 Å². The first-order chi connectivity index (χ1) is 18.5. The van der Waals surface area contributed by atoms with Gasteiger partial charge in [-0.1, -0.05) is 122 Å². The van der Waals surface area contributed by atoms with Gasteiger partial charge < -0.3 is 4.57 Å². The van der Waals surface area contributed by atoms with Crippen LogP contribution in [0.4, 0.5) is 13.2 Å². The SMILES string of the molecule is CCCCCCc1ccc(-n2ccnc2)cc1.FC(F)(F)C=CCCB(c1ccccc1)c1ccccc1. The molecule has 198 valence electrons. The van der Waals surface area contributed by atoms with Crippen molar-refractivity contribution in [1.82, 2.24) is 9.55 Å². The van der Waals surface area contributed by atoms with Gasteiger partial charge in [0.25, 0.3) is 0 Å². The van der Waals surface area contributed by atoms with Crippen LogP contribution in [0.25, 0.3) is 5.69 Å². The number of nitrogens with zero attached hydrogens (tertiary/aromatic N) is 2. The number of imidazole rings is 1. The van der Waals surface area contributed by atoms with E-state index in [-0.39, 0.29) is 6.71 Å². The number of halogens is 3. The Kier molecular flexibility index (Phi) is 12.0. The molecule has 1 heterocycles. The molecule has 0 fully saturated rings. The summed E-state index contributed by atoms with van der Waals surface area (Å²) in [6.07, 6.45) is 10.5. The molecule has 4 aromatic rings. The molecule has 0 aliphatic carbocycles. The van der Waals surface area contributed by atoms with Crippen LogP contribution in [0.3, 0.4) is 0 Å². The van der Waals surface area contributed by atoms with Crippen LogP contribution in [0.2, 0.25) is 6.32 Å². The lowest BCUT2D eigenvalue weighted by atomic mass is 9.38. The van der Waals surface area contributed by atoms with E-state index < -0.39 is 6.18 Å². The molecule has 4 rings (SSSR count). The summed E-state index contributed by atoms with van der Waals surface area (Å²) >= 11 is 0. The van der Waals surface area contributed by atoms with Crippen LogP contribution >= 0.6 is 0 Å². The molecule has 38 heavy (non-hydrogen) atoms. The molecule has 2 nitrogen and oxygen atoms in total. The lowest BCUT2D eigenvalue weighted by Gasteiger charge is -2.13. The Labute approximate surface area is 225 Å². The predicted molar refractivity (Wildman–Crippen MR) is 154 cm³/mol. The molecular weight excluding hydrogens is 480 g/mol.